The molecule has 1 aromatic carbocycles. The van der Waals surface area contributed by atoms with E-state index < -0.39 is 11.6 Å². The Morgan fingerprint density at radius 1 is 1.04 bits per heavy atom. The highest BCUT2D eigenvalue weighted by molar-refractivity contribution is 5.70. The fourth-order valence-corrected chi connectivity index (χ4v) is 3.12. The van der Waals surface area contributed by atoms with Crippen LogP contribution in [0.15, 0.2) is 18.2 Å². The van der Waals surface area contributed by atoms with Crippen LogP contribution in [-0.2, 0) is 9.53 Å². The zero-order valence-electron chi connectivity index (χ0n) is 14.6. The van der Waals surface area contributed by atoms with Gasteiger partial charge in [0.1, 0.15) is 11.6 Å². The van der Waals surface area contributed by atoms with Gasteiger partial charge in [-0.2, -0.15) is 0 Å². The van der Waals surface area contributed by atoms with Crippen molar-refractivity contribution in [2.24, 2.45) is 5.92 Å². The van der Waals surface area contributed by atoms with Crippen LogP contribution in [0.2, 0.25) is 0 Å². The molecule has 1 aromatic rings. The molecule has 0 fully saturated rings. The zero-order valence-corrected chi connectivity index (χ0v) is 14.6. The summed E-state index contributed by atoms with van der Waals surface area (Å²) in [6.45, 7) is 7.76. The van der Waals surface area contributed by atoms with E-state index in [0.717, 1.165) is 31.7 Å². The fourth-order valence-electron chi connectivity index (χ4n) is 3.12. The summed E-state index contributed by atoms with van der Waals surface area (Å²) >= 11 is 0. The summed E-state index contributed by atoms with van der Waals surface area (Å²) in [5.41, 5.74) is 0.551. The van der Waals surface area contributed by atoms with Gasteiger partial charge in [-0.1, -0.05) is 39.5 Å². The van der Waals surface area contributed by atoms with Crippen LogP contribution in [0.5, 0.6) is 0 Å². The molecule has 0 aliphatic rings. The molecule has 0 heterocycles. The molecule has 0 aromatic heterocycles. The third-order valence-electron chi connectivity index (χ3n) is 3.95. The first-order chi connectivity index (χ1) is 10.9. The van der Waals surface area contributed by atoms with Gasteiger partial charge in [0.2, 0.25) is 0 Å². The number of hydrogen-bond acceptors (Lipinski definition) is 2. The van der Waals surface area contributed by atoms with Gasteiger partial charge in [-0.15, -0.1) is 0 Å². The Kier molecular flexibility index (Phi) is 8.21. The summed E-state index contributed by atoms with van der Waals surface area (Å²) in [5, 5.41) is 0. The minimum Gasteiger partial charge on any atom is -0.463 e. The Bertz CT molecular complexity index is 474. The lowest BCUT2D eigenvalue weighted by Gasteiger charge is -2.27. The Labute approximate surface area is 138 Å². The van der Waals surface area contributed by atoms with Gasteiger partial charge >= 0.3 is 5.97 Å². The summed E-state index contributed by atoms with van der Waals surface area (Å²) in [4.78, 5) is 12.1. The summed E-state index contributed by atoms with van der Waals surface area (Å²) in [5.74, 6) is -1.52. The Hall–Kier alpha value is -1.45. The van der Waals surface area contributed by atoms with E-state index >= 15 is 0 Å². The van der Waals surface area contributed by atoms with Crippen molar-refractivity contribution in [3.8, 4) is 0 Å². The van der Waals surface area contributed by atoms with Gasteiger partial charge in [0.25, 0.3) is 0 Å². The maximum atomic E-state index is 13.6. The van der Waals surface area contributed by atoms with E-state index in [1.54, 1.807) is 13.8 Å². The van der Waals surface area contributed by atoms with E-state index in [4.69, 9.17) is 4.74 Å². The third-order valence-corrected chi connectivity index (χ3v) is 3.95. The predicted octanol–water partition coefficient (Wildman–Crippen LogP) is 5.61. The molecule has 0 unspecified atom stereocenters. The first-order valence-corrected chi connectivity index (χ1v) is 8.52. The second-order valence-electron chi connectivity index (χ2n) is 6.39. The van der Waals surface area contributed by atoms with Crippen LogP contribution in [0.25, 0.3) is 0 Å². The van der Waals surface area contributed by atoms with Crippen molar-refractivity contribution >= 4 is 5.97 Å². The largest absolute Gasteiger partial charge is 0.463 e. The minimum atomic E-state index is -0.603. The highest BCUT2D eigenvalue weighted by Crippen LogP contribution is 2.35. The third kappa shape index (κ3) is 6.67. The van der Waals surface area contributed by atoms with Crippen molar-refractivity contribution in [3.63, 3.8) is 0 Å². The van der Waals surface area contributed by atoms with Crippen molar-refractivity contribution < 1.29 is 18.3 Å². The van der Waals surface area contributed by atoms with Crippen LogP contribution >= 0.6 is 0 Å². The number of carbonyl (C=O) groups excluding carboxylic acids is 1. The molecule has 0 aliphatic heterocycles. The Morgan fingerprint density at radius 2 is 1.57 bits per heavy atom. The topological polar surface area (TPSA) is 26.3 Å². The van der Waals surface area contributed by atoms with Gasteiger partial charge in [-0.3, -0.25) is 4.79 Å². The van der Waals surface area contributed by atoms with E-state index in [0.29, 0.717) is 5.56 Å². The van der Waals surface area contributed by atoms with E-state index in [1.165, 1.54) is 12.1 Å². The molecule has 1 rings (SSSR count). The number of halogens is 2. The van der Waals surface area contributed by atoms with Crippen molar-refractivity contribution in [3.05, 3.63) is 35.4 Å². The van der Waals surface area contributed by atoms with E-state index in [9.17, 15) is 13.6 Å². The first-order valence-electron chi connectivity index (χ1n) is 8.52. The Balaban J connectivity index is 3.09. The number of esters is 1. The van der Waals surface area contributed by atoms with E-state index in [1.807, 2.05) is 0 Å². The molecule has 0 radical (unpaired) electrons. The quantitative estimate of drug-likeness (QED) is 0.552. The van der Waals surface area contributed by atoms with Crippen LogP contribution in [-0.4, -0.2) is 12.1 Å². The minimum absolute atomic E-state index is 0.158. The second kappa shape index (κ2) is 9.64. The molecule has 0 aliphatic carbocycles. The number of rotatable bonds is 9. The predicted molar refractivity (Wildman–Crippen MR) is 88.3 cm³/mol. The number of carbonyl (C=O) groups is 1. The van der Waals surface area contributed by atoms with Crippen LogP contribution in [0, 0.1) is 17.6 Å². The van der Waals surface area contributed by atoms with E-state index in [2.05, 4.69) is 13.8 Å². The van der Waals surface area contributed by atoms with Crippen molar-refractivity contribution in [2.75, 3.05) is 0 Å². The fraction of sp³-hybridized carbons (Fsp3) is 0.632. The molecule has 0 N–H and O–H groups in total. The van der Waals surface area contributed by atoms with Crippen molar-refractivity contribution in [1.29, 1.82) is 0 Å². The molecule has 130 valence electrons. The molecule has 0 saturated heterocycles. The molecule has 1 atom stereocenters. The van der Waals surface area contributed by atoms with Gasteiger partial charge in [0.05, 0.1) is 12.5 Å². The lowest BCUT2D eigenvalue weighted by atomic mass is 9.78. The summed E-state index contributed by atoms with van der Waals surface area (Å²) < 4.78 is 32.5. The van der Waals surface area contributed by atoms with Gasteiger partial charge in [0.15, 0.2) is 0 Å². The molecule has 23 heavy (non-hydrogen) atoms. The van der Waals surface area contributed by atoms with Crippen molar-refractivity contribution in [1.82, 2.24) is 0 Å². The average molecular weight is 326 g/mol. The van der Waals surface area contributed by atoms with Crippen molar-refractivity contribution in [2.45, 2.75) is 71.8 Å². The number of benzene rings is 1. The van der Waals surface area contributed by atoms with E-state index in [-0.39, 0.29) is 30.3 Å². The van der Waals surface area contributed by atoms with Crippen LogP contribution in [0.4, 0.5) is 8.78 Å². The first kappa shape index (κ1) is 19.6. The van der Waals surface area contributed by atoms with Crippen LogP contribution < -0.4 is 0 Å². The highest BCUT2D eigenvalue weighted by atomic mass is 19.1. The monoisotopic (exact) mass is 326 g/mol. The highest BCUT2D eigenvalue weighted by Gasteiger charge is 2.26. The van der Waals surface area contributed by atoms with Gasteiger partial charge in [-0.25, -0.2) is 8.78 Å². The smallest absolute Gasteiger partial charge is 0.306 e. The molecule has 0 bridgehead atoms. The standard InChI is InChI=1S/C19H28F2O2/c1-5-7-14(8-6-2)18(12-19(22)23-13(3)4)15-9-16(20)11-17(21)10-15/h9-11,13-14,18H,5-8,12H2,1-4H3/t18-/m1/s1. The molecule has 0 spiro atoms. The maximum absolute atomic E-state index is 13.6. The van der Waals surface area contributed by atoms with Crippen LogP contribution in [0.3, 0.4) is 0 Å². The molecule has 0 amide bonds. The zero-order chi connectivity index (χ0) is 17.4. The molecule has 0 saturated carbocycles. The van der Waals surface area contributed by atoms with Crippen LogP contribution in [0.1, 0.15) is 71.3 Å². The summed E-state index contributed by atoms with van der Waals surface area (Å²) in [6.07, 6.45) is 3.75. The number of hydrogen-bond donors (Lipinski definition) is 0. The molecular formula is C19H28F2O2. The maximum Gasteiger partial charge on any atom is 0.306 e. The summed E-state index contributed by atoms with van der Waals surface area (Å²) in [6, 6.07) is 3.55. The number of ether oxygens (including phenoxy) is 1. The normalized spacial score (nSPS) is 12.7. The molecule has 4 heteroatoms. The lowest BCUT2D eigenvalue weighted by Crippen LogP contribution is -2.21. The van der Waals surface area contributed by atoms with Gasteiger partial charge < -0.3 is 4.74 Å². The molecular weight excluding hydrogens is 298 g/mol. The molecule has 2 nitrogen and oxygen atoms in total. The average Bonchev–Trinajstić information content (AvgIpc) is 2.42. The summed E-state index contributed by atoms with van der Waals surface area (Å²) in [7, 11) is 0. The SMILES string of the molecule is CCCC(CCC)[C@@H](CC(=O)OC(C)C)c1cc(F)cc(F)c1. The van der Waals surface area contributed by atoms with Gasteiger partial charge in [0, 0.05) is 6.07 Å². The Morgan fingerprint density at radius 3 is 2.00 bits per heavy atom. The second-order valence-corrected chi connectivity index (χ2v) is 6.39. The lowest BCUT2D eigenvalue weighted by molar-refractivity contribution is -0.148. The van der Waals surface area contributed by atoms with Gasteiger partial charge in [-0.05, 0) is 43.4 Å².